The Kier molecular flexibility index (Phi) is 5.05. The zero-order chi connectivity index (χ0) is 23.1. The van der Waals surface area contributed by atoms with Crippen molar-refractivity contribution in [3.63, 3.8) is 0 Å². The van der Waals surface area contributed by atoms with Gasteiger partial charge in [-0.2, -0.15) is 4.98 Å². The maximum absolute atomic E-state index is 12.9. The van der Waals surface area contributed by atoms with Gasteiger partial charge in [0.2, 0.25) is 11.9 Å². The number of amides is 2. The molecule has 8 heteroatoms. The average molecular weight is 441 g/mol. The van der Waals surface area contributed by atoms with E-state index in [0.717, 1.165) is 22.4 Å². The van der Waals surface area contributed by atoms with Crippen LogP contribution in [0.25, 0.3) is 16.8 Å². The lowest BCUT2D eigenvalue weighted by molar-refractivity contribution is -0.120. The number of hydrogen-bond acceptors (Lipinski definition) is 5. The molecular weight excluding hydrogens is 416 g/mol. The van der Waals surface area contributed by atoms with Crippen LogP contribution < -0.4 is 10.2 Å². The lowest BCUT2D eigenvalue weighted by Gasteiger charge is -2.22. The fourth-order valence-corrected chi connectivity index (χ4v) is 4.15. The molecule has 1 aliphatic rings. The van der Waals surface area contributed by atoms with Crippen molar-refractivity contribution in [3.8, 4) is 11.1 Å². The number of anilines is 2. The van der Waals surface area contributed by atoms with Gasteiger partial charge >= 0.3 is 0 Å². The van der Waals surface area contributed by atoms with Crippen LogP contribution in [-0.2, 0) is 11.3 Å². The zero-order valence-corrected chi connectivity index (χ0v) is 18.7. The Balaban J connectivity index is 1.36. The summed E-state index contributed by atoms with van der Waals surface area (Å²) >= 11 is 0. The standard InChI is InChI=1S/C25H24N6O2/c1-16(30-14-17-8-4-5-10-20(17)24(30)33)23(32)27-25-26-22-13-12-18(15-31(22)28-25)19-9-6-7-11-21(19)29(2)3/h4-13,15-16H,14H2,1-3H3,(H,27,28,32)/t16-/m0/s1. The van der Waals surface area contributed by atoms with E-state index in [0.29, 0.717) is 17.8 Å². The first-order valence-electron chi connectivity index (χ1n) is 10.8. The van der Waals surface area contributed by atoms with Crippen LogP contribution in [0.2, 0.25) is 0 Å². The second-order valence-corrected chi connectivity index (χ2v) is 8.32. The largest absolute Gasteiger partial charge is 0.377 e. The van der Waals surface area contributed by atoms with E-state index in [1.165, 1.54) is 0 Å². The van der Waals surface area contributed by atoms with Gasteiger partial charge in [0.1, 0.15) is 6.04 Å². The van der Waals surface area contributed by atoms with Gasteiger partial charge in [-0.05, 0) is 36.8 Å². The Labute approximate surface area is 191 Å². The molecule has 3 heterocycles. The minimum atomic E-state index is -0.654. The van der Waals surface area contributed by atoms with Gasteiger partial charge in [0, 0.05) is 49.2 Å². The summed E-state index contributed by atoms with van der Waals surface area (Å²) in [6.07, 6.45) is 1.89. The molecule has 8 nitrogen and oxygen atoms in total. The predicted molar refractivity (Wildman–Crippen MR) is 127 cm³/mol. The van der Waals surface area contributed by atoms with E-state index >= 15 is 0 Å². The molecule has 5 rings (SSSR count). The summed E-state index contributed by atoms with van der Waals surface area (Å²) in [5.74, 6) is -0.264. The average Bonchev–Trinajstić information content (AvgIpc) is 3.38. The molecule has 4 aromatic rings. The van der Waals surface area contributed by atoms with Crippen molar-refractivity contribution in [1.29, 1.82) is 0 Å². The molecule has 1 N–H and O–H groups in total. The van der Waals surface area contributed by atoms with Crippen molar-refractivity contribution in [2.24, 2.45) is 0 Å². The van der Waals surface area contributed by atoms with Crippen LogP contribution in [0.3, 0.4) is 0 Å². The van der Waals surface area contributed by atoms with Crippen LogP contribution in [0.4, 0.5) is 11.6 Å². The second-order valence-electron chi connectivity index (χ2n) is 8.32. The minimum absolute atomic E-state index is 0.139. The van der Waals surface area contributed by atoms with E-state index in [1.807, 2.05) is 62.8 Å². The molecule has 2 aromatic heterocycles. The number of nitrogens with one attached hydrogen (secondary N) is 1. The number of fused-ring (bicyclic) bond motifs is 2. The molecule has 0 spiro atoms. The smallest absolute Gasteiger partial charge is 0.255 e. The Morgan fingerprint density at radius 3 is 2.52 bits per heavy atom. The number of hydrogen-bond donors (Lipinski definition) is 1. The summed E-state index contributed by atoms with van der Waals surface area (Å²) in [6.45, 7) is 2.13. The molecule has 0 unspecified atom stereocenters. The zero-order valence-electron chi connectivity index (χ0n) is 18.7. The van der Waals surface area contributed by atoms with Crippen molar-refractivity contribution in [2.75, 3.05) is 24.3 Å². The highest BCUT2D eigenvalue weighted by Crippen LogP contribution is 2.30. The molecule has 0 bridgehead atoms. The molecule has 0 radical (unpaired) electrons. The molecular formula is C25H24N6O2. The number of pyridine rings is 1. The number of benzene rings is 2. The van der Waals surface area contributed by atoms with Crippen molar-refractivity contribution in [1.82, 2.24) is 19.5 Å². The van der Waals surface area contributed by atoms with Gasteiger partial charge in [0.25, 0.3) is 5.91 Å². The third-order valence-electron chi connectivity index (χ3n) is 5.96. The molecule has 0 fully saturated rings. The van der Waals surface area contributed by atoms with Gasteiger partial charge in [-0.25, -0.2) is 4.52 Å². The summed E-state index contributed by atoms with van der Waals surface area (Å²) < 4.78 is 1.65. The van der Waals surface area contributed by atoms with E-state index in [4.69, 9.17) is 0 Å². The van der Waals surface area contributed by atoms with Crippen molar-refractivity contribution in [3.05, 3.63) is 78.0 Å². The predicted octanol–water partition coefficient (Wildman–Crippen LogP) is 3.45. The van der Waals surface area contributed by atoms with Gasteiger partial charge in [-0.1, -0.05) is 36.4 Å². The Bertz CT molecular complexity index is 1380. The number of nitrogens with zero attached hydrogens (tertiary/aromatic N) is 5. The van der Waals surface area contributed by atoms with Gasteiger partial charge < -0.3 is 9.80 Å². The molecule has 0 saturated heterocycles. The SMILES string of the molecule is C[C@@H](C(=O)Nc1nc2ccc(-c3ccccc3N(C)C)cn2n1)N1Cc2ccccc2C1=O. The highest BCUT2D eigenvalue weighted by Gasteiger charge is 2.33. The Morgan fingerprint density at radius 1 is 1.03 bits per heavy atom. The number of carbonyl (C=O) groups is 2. The van der Waals surface area contributed by atoms with Crippen molar-refractivity contribution < 1.29 is 9.59 Å². The molecule has 2 amide bonds. The first-order chi connectivity index (χ1) is 15.9. The minimum Gasteiger partial charge on any atom is -0.377 e. The monoisotopic (exact) mass is 440 g/mol. The summed E-state index contributed by atoms with van der Waals surface area (Å²) in [4.78, 5) is 33.6. The van der Waals surface area contributed by atoms with Crippen LogP contribution >= 0.6 is 0 Å². The van der Waals surface area contributed by atoms with E-state index < -0.39 is 6.04 Å². The molecule has 2 aromatic carbocycles. The van der Waals surface area contributed by atoms with Crippen molar-refractivity contribution >= 4 is 29.1 Å². The lowest BCUT2D eigenvalue weighted by atomic mass is 10.1. The Morgan fingerprint density at radius 2 is 1.76 bits per heavy atom. The molecule has 0 aliphatic carbocycles. The third kappa shape index (κ3) is 3.69. The first-order valence-corrected chi connectivity index (χ1v) is 10.8. The lowest BCUT2D eigenvalue weighted by Crippen LogP contribution is -2.42. The van der Waals surface area contributed by atoms with Gasteiger partial charge in [0.05, 0.1) is 0 Å². The van der Waals surface area contributed by atoms with Gasteiger partial charge in [-0.3, -0.25) is 14.9 Å². The quantitative estimate of drug-likeness (QED) is 0.514. The van der Waals surface area contributed by atoms with Crippen LogP contribution in [0.5, 0.6) is 0 Å². The van der Waals surface area contributed by atoms with Crippen LogP contribution in [0.15, 0.2) is 66.9 Å². The summed E-state index contributed by atoms with van der Waals surface area (Å²) in [6, 6.07) is 18.8. The molecule has 1 aliphatic heterocycles. The van der Waals surface area contributed by atoms with Crippen LogP contribution in [0.1, 0.15) is 22.8 Å². The summed E-state index contributed by atoms with van der Waals surface area (Å²) in [7, 11) is 4.01. The molecule has 166 valence electrons. The third-order valence-corrected chi connectivity index (χ3v) is 5.96. The number of aromatic nitrogens is 3. The van der Waals surface area contributed by atoms with E-state index in [2.05, 4.69) is 32.4 Å². The van der Waals surface area contributed by atoms with E-state index in [1.54, 1.807) is 22.4 Å². The molecule has 33 heavy (non-hydrogen) atoms. The molecule has 0 saturated carbocycles. The molecule has 1 atom stereocenters. The first kappa shape index (κ1) is 20.7. The van der Waals surface area contributed by atoms with E-state index in [-0.39, 0.29) is 17.8 Å². The van der Waals surface area contributed by atoms with Crippen LogP contribution in [0, 0.1) is 0 Å². The maximum atomic E-state index is 12.9. The number of para-hydroxylation sites is 1. The van der Waals surface area contributed by atoms with Crippen LogP contribution in [-0.4, -0.2) is 51.4 Å². The van der Waals surface area contributed by atoms with Crippen molar-refractivity contribution in [2.45, 2.75) is 19.5 Å². The maximum Gasteiger partial charge on any atom is 0.255 e. The van der Waals surface area contributed by atoms with Gasteiger partial charge in [0.15, 0.2) is 5.65 Å². The van der Waals surface area contributed by atoms with Gasteiger partial charge in [-0.15, -0.1) is 5.10 Å². The topological polar surface area (TPSA) is 82.8 Å². The summed E-state index contributed by atoms with van der Waals surface area (Å²) in [5.41, 5.74) is 5.35. The second kappa shape index (κ2) is 8.05. The Hall–Kier alpha value is -4.20. The summed E-state index contributed by atoms with van der Waals surface area (Å²) in [5, 5.41) is 7.20. The number of rotatable bonds is 5. The van der Waals surface area contributed by atoms with E-state index in [9.17, 15) is 9.59 Å². The normalized spacial score (nSPS) is 13.8. The number of carbonyl (C=O) groups excluding carboxylic acids is 2. The highest BCUT2D eigenvalue weighted by atomic mass is 16.2. The fraction of sp³-hybridized carbons (Fsp3) is 0.200. The highest BCUT2D eigenvalue weighted by molar-refractivity contribution is 6.03. The fourth-order valence-electron chi connectivity index (χ4n) is 4.15.